The third-order valence-electron chi connectivity index (χ3n) is 4.90. The molecule has 0 aliphatic heterocycles. The van der Waals surface area contributed by atoms with Crippen LogP contribution in [0.15, 0.2) is 30.3 Å². The Morgan fingerprint density at radius 3 is 2.04 bits per heavy atom. The van der Waals surface area contributed by atoms with Crippen LogP contribution in [-0.4, -0.2) is 30.4 Å². The summed E-state index contributed by atoms with van der Waals surface area (Å²) in [4.78, 5) is 11.9. The number of carbonyl (C=O) groups is 1. The first-order valence-electron chi connectivity index (χ1n) is 11.2. The lowest BCUT2D eigenvalue weighted by Gasteiger charge is -2.16. The Morgan fingerprint density at radius 1 is 0.893 bits per heavy atom. The van der Waals surface area contributed by atoms with Crippen molar-refractivity contribution in [3.05, 3.63) is 35.9 Å². The van der Waals surface area contributed by atoms with Crippen LogP contribution in [0.25, 0.3) is 0 Å². The molecule has 1 aromatic rings. The highest BCUT2D eigenvalue weighted by atomic mass is 16.6. The Kier molecular flexibility index (Phi) is 15.6. The monoisotopic (exact) mass is 392 g/mol. The van der Waals surface area contributed by atoms with Gasteiger partial charge >= 0.3 is 5.97 Å². The number of unbranched alkanes of at least 4 members (excludes halogenated alkanes) is 10. The number of esters is 1. The standard InChI is InChI=1S/C24H40O4/c1-2-3-4-5-6-7-8-9-10-11-15-18-24(26)28-23(19-25)21-27-20-22-16-13-12-14-17-22/h12-14,16-17,23,25H,2-11,15,18-21H2,1H3/t23-/m1/s1. The van der Waals surface area contributed by atoms with Gasteiger partial charge in [-0.3, -0.25) is 4.79 Å². The third kappa shape index (κ3) is 13.7. The predicted molar refractivity (Wildman–Crippen MR) is 114 cm³/mol. The van der Waals surface area contributed by atoms with Gasteiger partial charge in [-0.1, -0.05) is 101 Å². The lowest BCUT2D eigenvalue weighted by atomic mass is 10.1. The number of hydrogen-bond donors (Lipinski definition) is 1. The summed E-state index contributed by atoms with van der Waals surface area (Å²) < 4.78 is 10.9. The molecular weight excluding hydrogens is 352 g/mol. The maximum Gasteiger partial charge on any atom is 0.306 e. The van der Waals surface area contributed by atoms with Gasteiger partial charge in [-0.05, 0) is 12.0 Å². The minimum atomic E-state index is -0.580. The fraction of sp³-hybridized carbons (Fsp3) is 0.708. The summed E-state index contributed by atoms with van der Waals surface area (Å²) in [5.41, 5.74) is 1.06. The van der Waals surface area contributed by atoms with E-state index >= 15 is 0 Å². The molecule has 0 aliphatic carbocycles. The number of benzene rings is 1. The molecule has 0 fully saturated rings. The van der Waals surface area contributed by atoms with Crippen LogP contribution in [0.2, 0.25) is 0 Å². The summed E-state index contributed by atoms with van der Waals surface area (Å²) in [6.45, 7) is 2.71. The van der Waals surface area contributed by atoms with Crippen molar-refractivity contribution in [2.45, 2.75) is 96.7 Å². The molecule has 1 aromatic carbocycles. The molecule has 1 rings (SSSR count). The average Bonchev–Trinajstić information content (AvgIpc) is 2.72. The van der Waals surface area contributed by atoms with E-state index in [0.29, 0.717) is 13.0 Å². The Labute approximate surface area is 171 Å². The highest BCUT2D eigenvalue weighted by Crippen LogP contribution is 2.12. The minimum absolute atomic E-state index is 0.210. The topological polar surface area (TPSA) is 55.8 Å². The van der Waals surface area contributed by atoms with E-state index in [9.17, 15) is 9.90 Å². The molecule has 0 spiro atoms. The molecule has 4 heteroatoms. The summed E-state index contributed by atoms with van der Waals surface area (Å²) in [5, 5.41) is 9.38. The van der Waals surface area contributed by atoms with Crippen LogP contribution >= 0.6 is 0 Å². The molecule has 0 saturated heterocycles. The van der Waals surface area contributed by atoms with E-state index in [4.69, 9.17) is 9.47 Å². The van der Waals surface area contributed by atoms with Crippen molar-refractivity contribution in [1.29, 1.82) is 0 Å². The van der Waals surface area contributed by atoms with Gasteiger partial charge in [0.05, 0.1) is 19.8 Å². The largest absolute Gasteiger partial charge is 0.457 e. The van der Waals surface area contributed by atoms with Gasteiger partial charge in [0, 0.05) is 6.42 Å². The van der Waals surface area contributed by atoms with Gasteiger partial charge in [-0.2, -0.15) is 0 Å². The average molecular weight is 393 g/mol. The van der Waals surface area contributed by atoms with Crippen LogP contribution in [0.1, 0.15) is 89.5 Å². The van der Waals surface area contributed by atoms with Crippen molar-refractivity contribution in [3.8, 4) is 0 Å². The predicted octanol–water partition coefficient (Wildman–Crippen LogP) is 5.81. The van der Waals surface area contributed by atoms with E-state index in [2.05, 4.69) is 6.92 Å². The number of carbonyl (C=O) groups excluding carboxylic acids is 1. The van der Waals surface area contributed by atoms with Crippen LogP contribution in [0.3, 0.4) is 0 Å². The fourth-order valence-corrected chi connectivity index (χ4v) is 3.18. The lowest BCUT2D eigenvalue weighted by Crippen LogP contribution is -2.27. The Morgan fingerprint density at radius 2 is 1.46 bits per heavy atom. The van der Waals surface area contributed by atoms with Crippen LogP contribution in [0.4, 0.5) is 0 Å². The third-order valence-corrected chi connectivity index (χ3v) is 4.90. The van der Waals surface area contributed by atoms with Crippen molar-refractivity contribution >= 4 is 5.97 Å². The second kappa shape index (κ2) is 17.7. The molecule has 0 bridgehead atoms. The molecule has 0 aromatic heterocycles. The number of rotatable bonds is 18. The highest BCUT2D eigenvalue weighted by molar-refractivity contribution is 5.69. The first-order valence-corrected chi connectivity index (χ1v) is 11.2. The smallest absolute Gasteiger partial charge is 0.306 e. The fourth-order valence-electron chi connectivity index (χ4n) is 3.18. The first-order chi connectivity index (χ1) is 13.8. The molecule has 0 saturated carbocycles. The SMILES string of the molecule is CCCCCCCCCCCCCC(=O)O[C@H](CO)COCc1ccccc1. The van der Waals surface area contributed by atoms with Crippen molar-refractivity contribution in [2.24, 2.45) is 0 Å². The van der Waals surface area contributed by atoms with Crippen molar-refractivity contribution in [2.75, 3.05) is 13.2 Å². The van der Waals surface area contributed by atoms with Crippen molar-refractivity contribution < 1.29 is 19.4 Å². The first kappa shape index (κ1) is 24.6. The number of hydrogen-bond acceptors (Lipinski definition) is 4. The molecule has 1 atom stereocenters. The maximum absolute atomic E-state index is 11.9. The van der Waals surface area contributed by atoms with Gasteiger partial charge in [0.1, 0.15) is 6.10 Å². The molecule has 0 heterocycles. The van der Waals surface area contributed by atoms with Crippen LogP contribution in [0, 0.1) is 0 Å². The van der Waals surface area contributed by atoms with E-state index in [0.717, 1.165) is 18.4 Å². The Hall–Kier alpha value is -1.39. The van der Waals surface area contributed by atoms with Crippen LogP contribution in [0.5, 0.6) is 0 Å². The summed E-state index contributed by atoms with van der Waals surface area (Å²) in [7, 11) is 0. The van der Waals surface area contributed by atoms with E-state index in [1.165, 1.54) is 57.8 Å². The van der Waals surface area contributed by atoms with Gasteiger partial charge in [0.2, 0.25) is 0 Å². The number of aliphatic hydroxyl groups excluding tert-OH is 1. The zero-order chi connectivity index (χ0) is 20.3. The molecule has 0 amide bonds. The van der Waals surface area contributed by atoms with Crippen LogP contribution < -0.4 is 0 Å². The van der Waals surface area contributed by atoms with Gasteiger partial charge < -0.3 is 14.6 Å². The second-order valence-corrected chi connectivity index (χ2v) is 7.58. The van der Waals surface area contributed by atoms with E-state index in [1.54, 1.807) is 0 Å². The van der Waals surface area contributed by atoms with E-state index < -0.39 is 6.10 Å². The van der Waals surface area contributed by atoms with E-state index in [-0.39, 0.29) is 19.2 Å². The van der Waals surface area contributed by atoms with Gasteiger partial charge in [0.15, 0.2) is 0 Å². The van der Waals surface area contributed by atoms with Crippen LogP contribution in [-0.2, 0) is 20.9 Å². The summed E-state index contributed by atoms with van der Waals surface area (Å²) in [6.07, 6.45) is 13.7. The normalized spacial score (nSPS) is 12.1. The molecule has 0 radical (unpaired) electrons. The Balaban J connectivity index is 1.96. The minimum Gasteiger partial charge on any atom is -0.457 e. The molecule has 1 N–H and O–H groups in total. The van der Waals surface area contributed by atoms with Gasteiger partial charge in [-0.25, -0.2) is 0 Å². The zero-order valence-electron chi connectivity index (χ0n) is 17.7. The molecule has 0 unspecified atom stereocenters. The number of ether oxygens (including phenoxy) is 2. The zero-order valence-corrected chi connectivity index (χ0v) is 17.7. The van der Waals surface area contributed by atoms with Crippen molar-refractivity contribution in [1.82, 2.24) is 0 Å². The van der Waals surface area contributed by atoms with E-state index in [1.807, 2.05) is 30.3 Å². The molecule has 160 valence electrons. The quantitative estimate of drug-likeness (QED) is 0.253. The second-order valence-electron chi connectivity index (χ2n) is 7.58. The van der Waals surface area contributed by atoms with Gasteiger partial charge in [-0.15, -0.1) is 0 Å². The number of aliphatic hydroxyl groups is 1. The molecule has 28 heavy (non-hydrogen) atoms. The Bertz CT molecular complexity index is 475. The molecular formula is C24H40O4. The summed E-state index contributed by atoms with van der Waals surface area (Å²) >= 11 is 0. The van der Waals surface area contributed by atoms with Crippen molar-refractivity contribution in [3.63, 3.8) is 0 Å². The molecule has 0 aliphatic rings. The summed E-state index contributed by atoms with van der Waals surface area (Å²) in [6, 6.07) is 9.82. The maximum atomic E-state index is 11.9. The molecule has 4 nitrogen and oxygen atoms in total. The summed E-state index contributed by atoms with van der Waals surface area (Å²) in [5.74, 6) is -0.238. The van der Waals surface area contributed by atoms with Gasteiger partial charge in [0.25, 0.3) is 0 Å². The lowest BCUT2D eigenvalue weighted by molar-refractivity contribution is -0.155. The highest BCUT2D eigenvalue weighted by Gasteiger charge is 2.13.